The van der Waals surface area contributed by atoms with Gasteiger partial charge in [0.2, 0.25) is 0 Å². The second kappa shape index (κ2) is 8.54. The zero-order valence-electron chi connectivity index (χ0n) is 17.7. The van der Waals surface area contributed by atoms with Gasteiger partial charge in [0.15, 0.2) is 20.8 Å². The number of sulfone groups is 1. The molecule has 1 saturated heterocycles. The molecule has 0 aromatic carbocycles. The van der Waals surface area contributed by atoms with Gasteiger partial charge in [-0.3, -0.25) is 4.79 Å². The number of thioether (sulfide) groups is 1. The average Bonchev–Trinajstić information content (AvgIpc) is 3.30. The number of hydrogen-bond donors (Lipinski definition) is 1. The third-order valence-corrected chi connectivity index (χ3v) is 8.42. The molecule has 3 rings (SSSR count). The number of aromatic amines is 1. The van der Waals surface area contributed by atoms with Crippen LogP contribution >= 0.6 is 11.8 Å². The number of aromatic nitrogens is 4. The van der Waals surface area contributed by atoms with Crippen molar-refractivity contribution in [1.82, 2.24) is 19.7 Å². The summed E-state index contributed by atoms with van der Waals surface area (Å²) in [5.74, 6) is 0.543. The van der Waals surface area contributed by atoms with E-state index in [-0.39, 0.29) is 23.2 Å². The molecule has 1 fully saturated rings. The number of Topliss-reactive ketones (excluding diaryl/α,β-unsaturated/α-hetero) is 1. The monoisotopic (exact) mass is 454 g/mol. The van der Waals surface area contributed by atoms with Gasteiger partial charge in [0.25, 0.3) is 0 Å². The van der Waals surface area contributed by atoms with Gasteiger partial charge in [-0.15, -0.1) is 10.2 Å². The maximum absolute atomic E-state index is 13.0. The lowest BCUT2D eigenvalue weighted by Crippen LogP contribution is -2.16. The summed E-state index contributed by atoms with van der Waals surface area (Å²) in [6.45, 7) is 5.22. The zero-order chi connectivity index (χ0) is 22.2. The molecule has 2 atom stereocenters. The van der Waals surface area contributed by atoms with E-state index in [1.54, 1.807) is 20.8 Å². The number of esters is 1. The number of carbonyl (C=O) groups excluding carboxylic acids is 2. The number of methoxy groups -OCH3 is 1. The van der Waals surface area contributed by atoms with Gasteiger partial charge in [-0.2, -0.15) is 0 Å². The van der Waals surface area contributed by atoms with Crippen LogP contribution in [0.3, 0.4) is 0 Å². The molecule has 0 unspecified atom stereocenters. The van der Waals surface area contributed by atoms with Crippen molar-refractivity contribution in [2.24, 2.45) is 13.0 Å². The molecule has 0 radical (unpaired) electrons. The summed E-state index contributed by atoms with van der Waals surface area (Å²) in [5, 5.41) is 8.51. The fourth-order valence-corrected chi connectivity index (χ4v) is 6.49. The Balaban J connectivity index is 1.72. The molecule has 1 aliphatic heterocycles. The first-order valence-electron chi connectivity index (χ1n) is 9.61. The number of carbonyl (C=O) groups is 2. The first-order valence-corrected chi connectivity index (χ1v) is 12.3. The molecule has 2 aromatic heterocycles. The third kappa shape index (κ3) is 4.46. The minimum atomic E-state index is -2.94. The Morgan fingerprint density at radius 2 is 2.03 bits per heavy atom. The Morgan fingerprint density at radius 3 is 2.63 bits per heavy atom. The number of rotatable bonds is 7. The van der Waals surface area contributed by atoms with Crippen LogP contribution in [0.15, 0.2) is 5.16 Å². The van der Waals surface area contributed by atoms with E-state index in [1.165, 1.54) is 18.9 Å². The maximum Gasteiger partial charge on any atom is 0.339 e. The van der Waals surface area contributed by atoms with Crippen molar-refractivity contribution in [3.63, 3.8) is 0 Å². The summed E-state index contributed by atoms with van der Waals surface area (Å²) >= 11 is 1.28. The minimum Gasteiger partial charge on any atom is -0.465 e. The summed E-state index contributed by atoms with van der Waals surface area (Å²) in [4.78, 5) is 28.0. The van der Waals surface area contributed by atoms with E-state index in [2.05, 4.69) is 15.2 Å². The SMILES string of the molecule is COC(=O)c1c(C)[nH]c(C(=O)[C@H](C)Sc2nnc(C[C@H]3CCS(=O)(=O)C3)n2C)c1C. The van der Waals surface area contributed by atoms with Crippen molar-refractivity contribution in [3.8, 4) is 0 Å². The van der Waals surface area contributed by atoms with Crippen LogP contribution in [0.5, 0.6) is 0 Å². The lowest BCUT2D eigenvalue weighted by molar-refractivity contribution is 0.0599. The van der Waals surface area contributed by atoms with E-state index in [1.807, 2.05) is 11.6 Å². The number of nitrogens with one attached hydrogen (secondary N) is 1. The molecular formula is C19H26N4O5S2. The van der Waals surface area contributed by atoms with Crippen LogP contribution < -0.4 is 0 Å². The largest absolute Gasteiger partial charge is 0.465 e. The molecule has 30 heavy (non-hydrogen) atoms. The van der Waals surface area contributed by atoms with Crippen LogP contribution in [-0.2, 0) is 28.0 Å². The van der Waals surface area contributed by atoms with Crippen LogP contribution in [0.2, 0.25) is 0 Å². The predicted molar refractivity (Wildman–Crippen MR) is 113 cm³/mol. The summed E-state index contributed by atoms with van der Waals surface area (Å²) < 4.78 is 30.0. The van der Waals surface area contributed by atoms with E-state index in [4.69, 9.17) is 4.74 Å². The quantitative estimate of drug-likeness (QED) is 0.382. The standard InChI is InChI=1S/C19H26N4O5S2/c1-10-15(18(25)28-5)11(2)20-16(10)17(24)12(3)29-19-22-21-14(23(19)4)8-13-6-7-30(26,27)9-13/h12-13,20H,6-9H2,1-5H3/t12-,13+/m0/s1. The Kier molecular flexibility index (Phi) is 6.42. The highest BCUT2D eigenvalue weighted by atomic mass is 32.2. The summed E-state index contributed by atoms with van der Waals surface area (Å²) in [5.41, 5.74) is 1.92. The van der Waals surface area contributed by atoms with Crippen LogP contribution in [0, 0.1) is 19.8 Å². The molecule has 3 heterocycles. The Bertz CT molecular complexity index is 1090. The van der Waals surface area contributed by atoms with Crippen LogP contribution in [-0.4, -0.2) is 63.8 Å². The van der Waals surface area contributed by atoms with Gasteiger partial charge < -0.3 is 14.3 Å². The fraction of sp³-hybridized carbons (Fsp3) is 0.579. The number of ether oxygens (including phenoxy) is 1. The second-order valence-electron chi connectivity index (χ2n) is 7.67. The number of ketones is 1. The van der Waals surface area contributed by atoms with Crippen LogP contribution in [0.25, 0.3) is 0 Å². The van der Waals surface area contributed by atoms with Gasteiger partial charge in [0.1, 0.15) is 5.82 Å². The topological polar surface area (TPSA) is 124 Å². The Morgan fingerprint density at radius 1 is 1.33 bits per heavy atom. The molecule has 0 bridgehead atoms. The van der Waals surface area contributed by atoms with E-state index < -0.39 is 21.1 Å². The van der Waals surface area contributed by atoms with Gasteiger partial charge in [-0.05, 0) is 38.7 Å². The van der Waals surface area contributed by atoms with Crippen molar-refractivity contribution in [3.05, 3.63) is 28.3 Å². The molecule has 0 aliphatic carbocycles. The van der Waals surface area contributed by atoms with Crippen LogP contribution in [0.1, 0.15) is 51.3 Å². The molecular weight excluding hydrogens is 428 g/mol. The summed E-state index contributed by atoms with van der Waals surface area (Å²) in [6.07, 6.45) is 1.18. The average molecular weight is 455 g/mol. The minimum absolute atomic E-state index is 0.0519. The van der Waals surface area contributed by atoms with Crippen molar-refractivity contribution >= 4 is 33.4 Å². The number of nitrogens with zero attached hydrogens (tertiary/aromatic N) is 3. The van der Waals surface area contributed by atoms with Crippen LogP contribution in [0.4, 0.5) is 0 Å². The van der Waals surface area contributed by atoms with Crippen molar-refractivity contribution in [2.75, 3.05) is 18.6 Å². The highest BCUT2D eigenvalue weighted by Crippen LogP contribution is 2.28. The number of aryl methyl sites for hydroxylation is 1. The highest BCUT2D eigenvalue weighted by molar-refractivity contribution is 8.00. The van der Waals surface area contributed by atoms with Gasteiger partial charge in [0.05, 0.1) is 35.1 Å². The normalized spacial score (nSPS) is 19.0. The van der Waals surface area contributed by atoms with Crippen molar-refractivity contribution in [2.45, 2.75) is 44.0 Å². The zero-order valence-corrected chi connectivity index (χ0v) is 19.3. The van der Waals surface area contributed by atoms with Gasteiger partial charge in [0, 0.05) is 19.2 Å². The lowest BCUT2D eigenvalue weighted by atomic mass is 10.1. The molecule has 0 spiro atoms. The summed E-state index contributed by atoms with van der Waals surface area (Å²) in [6, 6.07) is 0. The smallest absolute Gasteiger partial charge is 0.339 e. The fourth-order valence-electron chi connectivity index (χ4n) is 3.74. The molecule has 164 valence electrons. The first kappa shape index (κ1) is 22.5. The van der Waals surface area contributed by atoms with E-state index in [9.17, 15) is 18.0 Å². The molecule has 0 saturated carbocycles. The Labute approximate surface area is 179 Å². The molecule has 1 N–H and O–H groups in total. The first-order chi connectivity index (χ1) is 14.0. The highest BCUT2D eigenvalue weighted by Gasteiger charge is 2.30. The van der Waals surface area contributed by atoms with Gasteiger partial charge >= 0.3 is 5.97 Å². The van der Waals surface area contributed by atoms with E-state index >= 15 is 0 Å². The van der Waals surface area contributed by atoms with Crippen molar-refractivity contribution < 1.29 is 22.7 Å². The maximum atomic E-state index is 13.0. The molecule has 2 aromatic rings. The third-order valence-electron chi connectivity index (χ3n) is 5.45. The Hall–Kier alpha value is -2.14. The second-order valence-corrected chi connectivity index (χ2v) is 11.2. The van der Waals surface area contributed by atoms with E-state index in [0.717, 1.165) is 0 Å². The lowest BCUT2D eigenvalue weighted by Gasteiger charge is -2.11. The summed E-state index contributed by atoms with van der Waals surface area (Å²) in [7, 11) is 0.184. The number of H-pyrrole nitrogens is 1. The molecule has 9 nitrogen and oxygen atoms in total. The molecule has 11 heteroatoms. The van der Waals surface area contributed by atoms with Crippen molar-refractivity contribution in [1.29, 1.82) is 0 Å². The predicted octanol–water partition coefficient (Wildman–Crippen LogP) is 1.89. The number of hydrogen-bond acceptors (Lipinski definition) is 8. The van der Waals surface area contributed by atoms with E-state index in [0.29, 0.717) is 46.3 Å². The van der Waals surface area contributed by atoms with Gasteiger partial charge in [-0.1, -0.05) is 11.8 Å². The molecule has 0 amide bonds. The molecule has 1 aliphatic rings. The van der Waals surface area contributed by atoms with Gasteiger partial charge in [-0.25, -0.2) is 13.2 Å².